The molecule has 4 nitrogen and oxygen atoms in total. The van der Waals surface area contributed by atoms with Gasteiger partial charge in [0, 0.05) is 17.5 Å². The molecule has 0 fully saturated rings. The molecule has 2 aromatic heterocycles. The van der Waals surface area contributed by atoms with Crippen molar-refractivity contribution in [2.75, 3.05) is 0 Å². The van der Waals surface area contributed by atoms with Gasteiger partial charge in [0.1, 0.15) is 0 Å². The summed E-state index contributed by atoms with van der Waals surface area (Å²) in [4.78, 5) is 4.23. The van der Waals surface area contributed by atoms with Crippen molar-refractivity contribution >= 4 is 11.6 Å². The predicted molar refractivity (Wildman–Crippen MR) is 66.5 cm³/mol. The molecule has 0 unspecified atom stereocenters. The van der Waals surface area contributed by atoms with E-state index in [0.29, 0.717) is 16.4 Å². The molecule has 5 heteroatoms. The Kier molecular flexibility index (Phi) is 3.17. The maximum atomic E-state index is 9.18. The largest absolute Gasteiger partial charge is 0.392 e. The van der Waals surface area contributed by atoms with Crippen LogP contribution in [-0.4, -0.2) is 19.9 Å². The zero-order chi connectivity index (χ0) is 12.6. The van der Waals surface area contributed by atoms with Crippen molar-refractivity contribution in [1.29, 1.82) is 0 Å². The van der Waals surface area contributed by atoms with Gasteiger partial charge in [0.05, 0.1) is 17.3 Å². The molecule has 0 atom stereocenters. The first kappa shape index (κ1) is 12.1. The van der Waals surface area contributed by atoms with E-state index in [2.05, 4.69) is 10.1 Å². The van der Waals surface area contributed by atoms with Gasteiger partial charge in [-0.3, -0.25) is 0 Å². The summed E-state index contributed by atoms with van der Waals surface area (Å²) in [5, 5.41) is 14.1. The molecule has 1 N–H and O–H groups in total. The van der Waals surface area contributed by atoms with Gasteiger partial charge < -0.3 is 5.11 Å². The smallest absolute Gasteiger partial charge is 0.154 e. The van der Waals surface area contributed by atoms with E-state index < -0.39 is 0 Å². The summed E-state index contributed by atoms with van der Waals surface area (Å²) >= 11 is 5.91. The lowest BCUT2D eigenvalue weighted by atomic mass is 10.2. The summed E-state index contributed by atoms with van der Waals surface area (Å²) in [5.74, 6) is 0.673. The van der Waals surface area contributed by atoms with Crippen LogP contribution < -0.4 is 0 Å². The van der Waals surface area contributed by atoms with Crippen molar-refractivity contribution in [2.24, 2.45) is 0 Å². The molecule has 17 heavy (non-hydrogen) atoms. The summed E-state index contributed by atoms with van der Waals surface area (Å²) in [6, 6.07) is 1.75. The first-order valence-electron chi connectivity index (χ1n) is 5.33. The Morgan fingerprint density at radius 3 is 2.59 bits per heavy atom. The van der Waals surface area contributed by atoms with Crippen LogP contribution in [0.2, 0.25) is 5.02 Å². The van der Waals surface area contributed by atoms with Gasteiger partial charge in [-0.1, -0.05) is 11.6 Å². The Morgan fingerprint density at radius 1 is 1.35 bits per heavy atom. The van der Waals surface area contributed by atoms with E-state index in [-0.39, 0.29) is 6.61 Å². The maximum Gasteiger partial charge on any atom is 0.154 e. The van der Waals surface area contributed by atoms with Gasteiger partial charge in [-0.05, 0) is 32.4 Å². The standard InChI is InChI=1S/C12H14ClN3O/c1-7-8(2)15-16(9(7)3)12-4-10(6-17)11(13)5-14-12/h4-5,17H,6H2,1-3H3. The minimum absolute atomic E-state index is 0.105. The number of nitrogens with zero attached hydrogens (tertiary/aromatic N) is 3. The molecule has 0 aliphatic rings. The molecule has 0 aliphatic heterocycles. The van der Waals surface area contributed by atoms with Crippen molar-refractivity contribution < 1.29 is 5.11 Å². The van der Waals surface area contributed by atoms with E-state index >= 15 is 0 Å². The van der Waals surface area contributed by atoms with E-state index in [1.165, 1.54) is 6.20 Å². The zero-order valence-electron chi connectivity index (χ0n) is 10.0. The van der Waals surface area contributed by atoms with Crippen LogP contribution in [0.3, 0.4) is 0 Å². The van der Waals surface area contributed by atoms with Crippen LogP contribution in [0.25, 0.3) is 5.82 Å². The summed E-state index contributed by atoms with van der Waals surface area (Å²) in [6.45, 7) is 5.87. The lowest BCUT2D eigenvalue weighted by Gasteiger charge is -2.06. The molecular weight excluding hydrogens is 238 g/mol. The Balaban J connectivity index is 2.57. The van der Waals surface area contributed by atoms with Crippen LogP contribution in [0.4, 0.5) is 0 Å². The van der Waals surface area contributed by atoms with Crippen molar-refractivity contribution in [3.05, 3.63) is 39.8 Å². The van der Waals surface area contributed by atoms with Gasteiger partial charge in [-0.2, -0.15) is 5.10 Å². The second-order valence-corrected chi connectivity index (χ2v) is 4.41. The van der Waals surface area contributed by atoms with Crippen LogP contribution in [-0.2, 0) is 6.61 Å². The molecule has 0 amide bonds. The van der Waals surface area contributed by atoms with E-state index in [1.54, 1.807) is 10.7 Å². The van der Waals surface area contributed by atoms with Gasteiger partial charge >= 0.3 is 0 Å². The molecule has 0 saturated heterocycles. The fraction of sp³-hybridized carbons (Fsp3) is 0.333. The van der Waals surface area contributed by atoms with Crippen LogP contribution in [0.15, 0.2) is 12.3 Å². The summed E-state index contributed by atoms with van der Waals surface area (Å²) in [5.41, 5.74) is 3.82. The molecule has 0 aliphatic carbocycles. The highest BCUT2D eigenvalue weighted by Crippen LogP contribution is 2.20. The van der Waals surface area contributed by atoms with E-state index in [9.17, 15) is 5.11 Å². The Labute approximate surface area is 105 Å². The molecule has 0 saturated carbocycles. The third-order valence-electron chi connectivity index (χ3n) is 2.96. The third kappa shape index (κ3) is 2.06. The Morgan fingerprint density at radius 2 is 2.06 bits per heavy atom. The molecule has 90 valence electrons. The normalized spacial score (nSPS) is 10.9. The quantitative estimate of drug-likeness (QED) is 0.891. The van der Waals surface area contributed by atoms with Crippen LogP contribution >= 0.6 is 11.6 Å². The molecule has 0 bridgehead atoms. The minimum Gasteiger partial charge on any atom is -0.392 e. The molecule has 2 aromatic rings. The number of hydrogen-bond donors (Lipinski definition) is 1. The molecule has 0 spiro atoms. The summed E-state index contributed by atoms with van der Waals surface area (Å²) in [6.07, 6.45) is 1.54. The Hall–Kier alpha value is -1.39. The number of rotatable bonds is 2. The first-order valence-corrected chi connectivity index (χ1v) is 5.71. The van der Waals surface area contributed by atoms with Gasteiger partial charge in [-0.15, -0.1) is 0 Å². The number of aryl methyl sites for hydroxylation is 1. The Bertz CT molecular complexity index is 563. The number of aliphatic hydroxyl groups is 1. The third-order valence-corrected chi connectivity index (χ3v) is 3.30. The maximum absolute atomic E-state index is 9.18. The zero-order valence-corrected chi connectivity index (χ0v) is 10.8. The second kappa shape index (κ2) is 4.47. The average Bonchev–Trinajstić information content (AvgIpc) is 2.58. The number of aliphatic hydroxyl groups excluding tert-OH is 1. The highest BCUT2D eigenvalue weighted by molar-refractivity contribution is 6.31. The molecule has 0 aromatic carbocycles. The van der Waals surface area contributed by atoms with Gasteiger partial charge in [-0.25, -0.2) is 9.67 Å². The summed E-state index contributed by atoms with van der Waals surface area (Å²) < 4.78 is 1.76. The highest BCUT2D eigenvalue weighted by Gasteiger charge is 2.11. The molecular formula is C12H14ClN3O. The van der Waals surface area contributed by atoms with Crippen LogP contribution in [0, 0.1) is 20.8 Å². The monoisotopic (exact) mass is 251 g/mol. The fourth-order valence-electron chi connectivity index (χ4n) is 1.65. The van der Waals surface area contributed by atoms with Crippen LogP contribution in [0.5, 0.6) is 0 Å². The number of aromatic nitrogens is 3. The van der Waals surface area contributed by atoms with E-state index in [1.807, 2.05) is 20.8 Å². The van der Waals surface area contributed by atoms with Crippen LogP contribution in [0.1, 0.15) is 22.5 Å². The van der Waals surface area contributed by atoms with Crippen molar-refractivity contribution in [1.82, 2.24) is 14.8 Å². The number of hydrogen-bond acceptors (Lipinski definition) is 3. The topological polar surface area (TPSA) is 50.9 Å². The minimum atomic E-state index is -0.105. The number of pyridine rings is 1. The van der Waals surface area contributed by atoms with Crippen molar-refractivity contribution in [3.63, 3.8) is 0 Å². The fourth-order valence-corrected chi connectivity index (χ4v) is 1.81. The molecule has 2 rings (SSSR count). The SMILES string of the molecule is Cc1nn(-c2cc(CO)c(Cl)cn2)c(C)c1C. The summed E-state index contributed by atoms with van der Waals surface area (Å²) in [7, 11) is 0. The average molecular weight is 252 g/mol. The van der Waals surface area contributed by atoms with Gasteiger partial charge in [0.25, 0.3) is 0 Å². The van der Waals surface area contributed by atoms with Gasteiger partial charge in [0.15, 0.2) is 5.82 Å². The predicted octanol–water partition coefficient (Wildman–Crippen LogP) is 2.34. The second-order valence-electron chi connectivity index (χ2n) is 4.00. The molecule has 2 heterocycles. The van der Waals surface area contributed by atoms with Crippen molar-refractivity contribution in [2.45, 2.75) is 27.4 Å². The first-order chi connectivity index (χ1) is 8.04. The highest BCUT2D eigenvalue weighted by atomic mass is 35.5. The van der Waals surface area contributed by atoms with Crippen molar-refractivity contribution in [3.8, 4) is 5.82 Å². The lowest BCUT2D eigenvalue weighted by molar-refractivity contribution is 0.281. The number of halogens is 1. The van der Waals surface area contributed by atoms with E-state index in [4.69, 9.17) is 11.6 Å². The molecule has 0 radical (unpaired) electrons. The van der Waals surface area contributed by atoms with E-state index in [0.717, 1.165) is 17.0 Å². The van der Waals surface area contributed by atoms with Gasteiger partial charge in [0.2, 0.25) is 0 Å². The lowest BCUT2D eigenvalue weighted by Crippen LogP contribution is -2.03.